The van der Waals surface area contributed by atoms with Gasteiger partial charge in [0.15, 0.2) is 5.78 Å². The van der Waals surface area contributed by atoms with Gasteiger partial charge in [-0.15, -0.1) is 11.8 Å². The first-order valence-corrected chi connectivity index (χ1v) is 7.98. The molecule has 1 N–H and O–H groups in total. The molecule has 1 unspecified atom stereocenters. The summed E-state index contributed by atoms with van der Waals surface area (Å²) in [6.07, 6.45) is 2.13. The lowest BCUT2D eigenvalue weighted by atomic mass is 9.90. The SMILES string of the molecule is Cc1ccc(SC(C)C)c(C(=O)C2CCCNC2)c1. The van der Waals surface area contributed by atoms with Gasteiger partial charge in [0.05, 0.1) is 0 Å². The van der Waals surface area contributed by atoms with E-state index in [1.54, 1.807) is 11.8 Å². The number of aryl methyl sites for hydroxylation is 1. The number of nitrogens with one attached hydrogen (secondary N) is 1. The van der Waals surface area contributed by atoms with Gasteiger partial charge in [0.1, 0.15) is 0 Å². The van der Waals surface area contributed by atoms with Gasteiger partial charge in [0.25, 0.3) is 0 Å². The molecule has 1 aliphatic heterocycles. The molecule has 3 heteroatoms. The Balaban J connectivity index is 2.25. The Morgan fingerprint density at radius 3 is 2.84 bits per heavy atom. The zero-order valence-corrected chi connectivity index (χ0v) is 12.8. The van der Waals surface area contributed by atoms with Gasteiger partial charge in [-0.3, -0.25) is 4.79 Å². The average molecular weight is 277 g/mol. The summed E-state index contributed by atoms with van der Waals surface area (Å²) in [6.45, 7) is 8.27. The quantitative estimate of drug-likeness (QED) is 0.672. The van der Waals surface area contributed by atoms with Crippen LogP contribution in [-0.4, -0.2) is 24.1 Å². The van der Waals surface area contributed by atoms with Gasteiger partial charge >= 0.3 is 0 Å². The van der Waals surface area contributed by atoms with Crippen LogP contribution in [0.3, 0.4) is 0 Å². The largest absolute Gasteiger partial charge is 0.316 e. The van der Waals surface area contributed by atoms with Crippen molar-refractivity contribution in [2.45, 2.75) is 43.8 Å². The second-order valence-electron chi connectivity index (χ2n) is 5.57. The molecular formula is C16H23NOS. The van der Waals surface area contributed by atoms with Crippen molar-refractivity contribution in [1.29, 1.82) is 0 Å². The molecule has 2 rings (SSSR count). The molecular weight excluding hydrogens is 254 g/mol. The van der Waals surface area contributed by atoms with E-state index in [9.17, 15) is 4.79 Å². The number of benzene rings is 1. The summed E-state index contributed by atoms with van der Waals surface area (Å²) < 4.78 is 0. The smallest absolute Gasteiger partial charge is 0.168 e. The predicted octanol–water partition coefficient (Wildman–Crippen LogP) is 3.68. The Labute approximate surface area is 120 Å². The van der Waals surface area contributed by atoms with E-state index in [-0.39, 0.29) is 5.92 Å². The van der Waals surface area contributed by atoms with Crippen LogP contribution in [0.15, 0.2) is 23.1 Å². The Morgan fingerprint density at radius 1 is 1.42 bits per heavy atom. The Morgan fingerprint density at radius 2 is 2.21 bits per heavy atom. The molecule has 19 heavy (non-hydrogen) atoms. The average Bonchev–Trinajstić information content (AvgIpc) is 2.40. The second-order valence-corrected chi connectivity index (χ2v) is 7.19. The van der Waals surface area contributed by atoms with Crippen molar-refractivity contribution in [2.75, 3.05) is 13.1 Å². The minimum absolute atomic E-state index is 0.155. The number of Topliss-reactive ketones (excluding diaryl/α,β-unsaturated/α-hetero) is 1. The molecule has 2 nitrogen and oxygen atoms in total. The molecule has 0 aromatic heterocycles. The van der Waals surface area contributed by atoms with Crippen LogP contribution in [0.25, 0.3) is 0 Å². The van der Waals surface area contributed by atoms with Crippen molar-refractivity contribution in [3.8, 4) is 0 Å². The highest BCUT2D eigenvalue weighted by molar-refractivity contribution is 8.00. The standard InChI is InChI=1S/C16H23NOS/c1-11(2)19-15-7-6-12(3)9-14(15)16(18)13-5-4-8-17-10-13/h6-7,9,11,13,17H,4-5,8,10H2,1-3H3. The first-order chi connectivity index (χ1) is 9.08. The van der Waals surface area contributed by atoms with E-state index in [0.29, 0.717) is 11.0 Å². The number of carbonyl (C=O) groups excluding carboxylic acids is 1. The third-order valence-corrected chi connectivity index (χ3v) is 4.51. The molecule has 1 aliphatic rings. The molecule has 1 fully saturated rings. The van der Waals surface area contributed by atoms with Crippen LogP contribution in [0.2, 0.25) is 0 Å². The van der Waals surface area contributed by atoms with Crippen LogP contribution in [-0.2, 0) is 0 Å². The normalized spacial score (nSPS) is 19.7. The van der Waals surface area contributed by atoms with Gasteiger partial charge < -0.3 is 5.32 Å². The molecule has 1 aromatic rings. The van der Waals surface area contributed by atoms with E-state index in [1.165, 1.54) is 5.56 Å². The third-order valence-electron chi connectivity index (χ3n) is 3.43. The highest BCUT2D eigenvalue weighted by Gasteiger charge is 2.24. The van der Waals surface area contributed by atoms with E-state index in [2.05, 4.69) is 44.3 Å². The molecule has 0 spiro atoms. The van der Waals surface area contributed by atoms with Crippen molar-refractivity contribution < 1.29 is 4.79 Å². The van der Waals surface area contributed by atoms with Gasteiger partial charge in [-0.25, -0.2) is 0 Å². The molecule has 1 atom stereocenters. The first-order valence-electron chi connectivity index (χ1n) is 7.10. The number of hydrogen-bond donors (Lipinski definition) is 1. The fourth-order valence-electron chi connectivity index (χ4n) is 2.49. The van der Waals surface area contributed by atoms with Crippen molar-refractivity contribution in [1.82, 2.24) is 5.32 Å². The summed E-state index contributed by atoms with van der Waals surface area (Å²) >= 11 is 1.78. The lowest BCUT2D eigenvalue weighted by Gasteiger charge is -2.23. The summed E-state index contributed by atoms with van der Waals surface area (Å²) in [5.74, 6) is 0.473. The highest BCUT2D eigenvalue weighted by Crippen LogP contribution is 2.30. The lowest BCUT2D eigenvalue weighted by molar-refractivity contribution is 0.0896. The summed E-state index contributed by atoms with van der Waals surface area (Å²) in [5.41, 5.74) is 2.09. The minimum atomic E-state index is 0.155. The van der Waals surface area contributed by atoms with E-state index in [4.69, 9.17) is 0 Å². The minimum Gasteiger partial charge on any atom is -0.316 e. The van der Waals surface area contributed by atoms with Crippen LogP contribution in [0, 0.1) is 12.8 Å². The molecule has 1 saturated heterocycles. The van der Waals surface area contributed by atoms with Crippen molar-refractivity contribution in [3.63, 3.8) is 0 Å². The maximum absolute atomic E-state index is 12.7. The van der Waals surface area contributed by atoms with Crippen molar-refractivity contribution in [2.24, 2.45) is 5.92 Å². The van der Waals surface area contributed by atoms with Gasteiger partial charge in [-0.2, -0.15) is 0 Å². The monoisotopic (exact) mass is 277 g/mol. The van der Waals surface area contributed by atoms with Crippen molar-refractivity contribution in [3.05, 3.63) is 29.3 Å². The van der Waals surface area contributed by atoms with Crippen LogP contribution < -0.4 is 5.32 Å². The number of ketones is 1. The van der Waals surface area contributed by atoms with E-state index in [0.717, 1.165) is 36.4 Å². The molecule has 0 saturated carbocycles. The van der Waals surface area contributed by atoms with Gasteiger partial charge in [-0.05, 0) is 38.4 Å². The Kier molecular flexibility index (Phi) is 5.06. The first kappa shape index (κ1) is 14.6. The van der Waals surface area contributed by atoms with Crippen LogP contribution in [0.4, 0.5) is 0 Å². The molecule has 104 valence electrons. The lowest BCUT2D eigenvalue weighted by Crippen LogP contribution is -2.34. The van der Waals surface area contributed by atoms with Crippen LogP contribution >= 0.6 is 11.8 Å². The summed E-state index contributed by atoms with van der Waals surface area (Å²) in [6, 6.07) is 6.26. The summed E-state index contributed by atoms with van der Waals surface area (Å²) in [5, 5.41) is 3.83. The van der Waals surface area contributed by atoms with E-state index < -0.39 is 0 Å². The molecule has 0 radical (unpaired) electrons. The summed E-state index contributed by atoms with van der Waals surface area (Å²) in [7, 11) is 0. The van der Waals surface area contributed by atoms with Gasteiger partial charge in [-0.1, -0.05) is 25.5 Å². The zero-order valence-electron chi connectivity index (χ0n) is 12.0. The van der Waals surface area contributed by atoms with Gasteiger partial charge in [0.2, 0.25) is 0 Å². The number of piperidine rings is 1. The number of rotatable bonds is 4. The third kappa shape index (κ3) is 3.83. The molecule has 0 amide bonds. The van der Waals surface area contributed by atoms with Crippen LogP contribution in [0.5, 0.6) is 0 Å². The van der Waals surface area contributed by atoms with E-state index >= 15 is 0 Å². The Bertz CT molecular complexity index is 450. The number of carbonyl (C=O) groups is 1. The highest BCUT2D eigenvalue weighted by atomic mass is 32.2. The second kappa shape index (κ2) is 6.58. The topological polar surface area (TPSA) is 29.1 Å². The van der Waals surface area contributed by atoms with Gasteiger partial charge in [0, 0.05) is 28.2 Å². The molecule has 0 bridgehead atoms. The predicted molar refractivity (Wildman–Crippen MR) is 82.1 cm³/mol. The van der Waals surface area contributed by atoms with E-state index in [1.807, 2.05) is 0 Å². The summed E-state index contributed by atoms with van der Waals surface area (Å²) in [4.78, 5) is 13.8. The molecule has 0 aliphatic carbocycles. The molecule has 1 heterocycles. The van der Waals surface area contributed by atoms with Crippen molar-refractivity contribution >= 4 is 17.5 Å². The fourth-order valence-corrected chi connectivity index (χ4v) is 3.43. The zero-order chi connectivity index (χ0) is 13.8. The Hall–Kier alpha value is -0.800. The maximum atomic E-state index is 12.7. The maximum Gasteiger partial charge on any atom is 0.168 e. The molecule has 1 aromatic carbocycles. The number of thioether (sulfide) groups is 1. The fraction of sp³-hybridized carbons (Fsp3) is 0.562. The number of hydrogen-bond acceptors (Lipinski definition) is 3. The van der Waals surface area contributed by atoms with Crippen LogP contribution in [0.1, 0.15) is 42.6 Å².